The first-order valence-electron chi connectivity index (χ1n) is 8.95. The van der Waals surface area contributed by atoms with Crippen LogP contribution in [0.5, 0.6) is 5.75 Å². The topological polar surface area (TPSA) is 84.5 Å². The van der Waals surface area contributed by atoms with Gasteiger partial charge in [-0.1, -0.05) is 40.9 Å². The smallest absolute Gasteiger partial charge is 0.265 e. The van der Waals surface area contributed by atoms with E-state index in [9.17, 15) is 13.2 Å². The largest absolute Gasteiger partial charge is 0.481 e. The molecule has 0 saturated carbocycles. The van der Waals surface area contributed by atoms with Gasteiger partial charge in [0.25, 0.3) is 15.9 Å². The van der Waals surface area contributed by atoms with Crippen LogP contribution < -0.4 is 14.8 Å². The number of hydrogen-bond acceptors (Lipinski definition) is 4. The van der Waals surface area contributed by atoms with Gasteiger partial charge in [-0.25, -0.2) is 8.42 Å². The van der Waals surface area contributed by atoms with Gasteiger partial charge in [0, 0.05) is 15.7 Å². The molecule has 162 valence electrons. The van der Waals surface area contributed by atoms with E-state index in [0.717, 1.165) is 0 Å². The van der Waals surface area contributed by atoms with Crippen molar-refractivity contribution >= 4 is 62.1 Å². The van der Waals surface area contributed by atoms with Crippen LogP contribution in [0.4, 0.5) is 11.4 Å². The van der Waals surface area contributed by atoms with E-state index < -0.39 is 22.0 Å². The Morgan fingerprint density at radius 2 is 1.61 bits per heavy atom. The lowest BCUT2D eigenvalue weighted by Gasteiger charge is -2.15. The zero-order chi connectivity index (χ0) is 22.6. The van der Waals surface area contributed by atoms with Crippen LogP contribution in [0, 0.1) is 0 Å². The fraction of sp³-hybridized carbons (Fsp3) is 0.0952. The molecule has 0 aromatic heterocycles. The zero-order valence-corrected chi connectivity index (χ0v) is 19.2. The van der Waals surface area contributed by atoms with Crippen molar-refractivity contribution in [2.24, 2.45) is 0 Å². The van der Waals surface area contributed by atoms with Gasteiger partial charge in [0.1, 0.15) is 5.75 Å². The van der Waals surface area contributed by atoms with E-state index in [1.165, 1.54) is 42.5 Å². The Hall–Kier alpha value is -2.45. The highest BCUT2D eigenvalue weighted by Crippen LogP contribution is 2.28. The predicted molar refractivity (Wildman–Crippen MR) is 124 cm³/mol. The Balaban J connectivity index is 1.65. The first kappa shape index (κ1) is 23.2. The fourth-order valence-electron chi connectivity index (χ4n) is 2.54. The van der Waals surface area contributed by atoms with Gasteiger partial charge in [0.2, 0.25) is 0 Å². The number of amides is 1. The monoisotopic (exact) mass is 498 g/mol. The molecule has 0 aliphatic carbocycles. The maximum atomic E-state index is 12.6. The van der Waals surface area contributed by atoms with Gasteiger partial charge >= 0.3 is 0 Å². The Morgan fingerprint density at radius 1 is 0.935 bits per heavy atom. The number of anilines is 2. The molecule has 0 saturated heterocycles. The third-order valence-electron chi connectivity index (χ3n) is 4.09. The fourth-order valence-corrected chi connectivity index (χ4v) is 4.31. The van der Waals surface area contributed by atoms with Gasteiger partial charge in [-0.2, -0.15) is 0 Å². The molecule has 0 aliphatic rings. The van der Waals surface area contributed by atoms with Crippen LogP contribution >= 0.6 is 34.8 Å². The minimum atomic E-state index is -3.88. The van der Waals surface area contributed by atoms with E-state index in [-0.39, 0.29) is 15.6 Å². The number of halogens is 3. The second-order valence-corrected chi connectivity index (χ2v) is 9.42. The first-order valence-corrected chi connectivity index (χ1v) is 11.6. The van der Waals surface area contributed by atoms with E-state index in [1.54, 1.807) is 31.2 Å². The number of carbonyl (C=O) groups is 1. The molecule has 1 amide bonds. The van der Waals surface area contributed by atoms with Gasteiger partial charge in [-0.15, -0.1) is 0 Å². The minimum Gasteiger partial charge on any atom is -0.481 e. The van der Waals surface area contributed by atoms with Gasteiger partial charge in [0.05, 0.1) is 15.6 Å². The average Bonchev–Trinajstić information content (AvgIpc) is 2.70. The lowest BCUT2D eigenvalue weighted by molar-refractivity contribution is -0.122. The quantitative estimate of drug-likeness (QED) is 0.427. The summed E-state index contributed by atoms with van der Waals surface area (Å²) in [6.45, 7) is 1.59. The summed E-state index contributed by atoms with van der Waals surface area (Å²) in [6.07, 6.45) is -0.796. The molecule has 6 nitrogen and oxygen atoms in total. The summed E-state index contributed by atoms with van der Waals surface area (Å²) in [4.78, 5) is 12.4. The summed E-state index contributed by atoms with van der Waals surface area (Å²) in [5.41, 5.74) is 0.616. The molecule has 31 heavy (non-hydrogen) atoms. The number of sulfonamides is 1. The number of benzene rings is 3. The summed E-state index contributed by atoms with van der Waals surface area (Å²) in [5.74, 6) is 0.0604. The normalized spacial score (nSPS) is 12.1. The van der Waals surface area contributed by atoms with Gasteiger partial charge < -0.3 is 10.1 Å². The van der Waals surface area contributed by atoms with Crippen LogP contribution in [0.2, 0.25) is 15.1 Å². The maximum absolute atomic E-state index is 12.6. The zero-order valence-electron chi connectivity index (χ0n) is 16.1. The van der Waals surface area contributed by atoms with Crippen LogP contribution in [0.15, 0.2) is 71.6 Å². The van der Waals surface area contributed by atoms with Gasteiger partial charge in [-0.3, -0.25) is 9.52 Å². The molecule has 0 unspecified atom stereocenters. The van der Waals surface area contributed by atoms with Crippen LogP contribution in [0.1, 0.15) is 6.92 Å². The van der Waals surface area contributed by atoms with Gasteiger partial charge in [-0.05, 0) is 67.6 Å². The van der Waals surface area contributed by atoms with E-state index >= 15 is 0 Å². The second kappa shape index (κ2) is 9.78. The Kier molecular flexibility index (Phi) is 7.33. The number of ether oxygens (including phenoxy) is 1. The highest BCUT2D eigenvalue weighted by molar-refractivity contribution is 7.92. The molecule has 0 radical (unpaired) electrons. The number of rotatable bonds is 7. The molecule has 3 rings (SSSR count). The maximum Gasteiger partial charge on any atom is 0.265 e. The Labute approximate surface area is 195 Å². The highest BCUT2D eigenvalue weighted by atomic mass is 35.5. The molecule has 0 spiro atoms. The first-order chi connectivity index (χ1) is 14.6. The molecule has 10 heteroatoms. The summed E-state index contributed by atoms with van der Waals surface area (Å²) < 4.78 is 33.2. The Morgan fingerprint density at radius 3 is 2.26 bits per heavy atom. The van der Waals surface area contributed by atoms with Crippen molar-refractivity contribution in [2.75, 3.05) is 10.0 Å². The molecule has 0 bridgehead atoms. The van der Waals surface area contributed by atoms with Crippen molar-refractivity contribution in [3.05, 3.63) is 81.8 Å². The second-order valence-electron chi connectivity index (χ2n) is 6.46. The average molecular weight is 500 g/mol. The van der Waals surface area contributed by atoms with Crippen LogP contribution in [-0.4, -0.2) is 20.4 Å². The molecule has 0 heterocycles. The number of nitrogens with one attached hydrogen (secondary N) is 2. The minimum absolute atomic E-state index is 0.000239. The SMILES string of the molecule is C[C@@H](Oc1cccc(Cl)c1)C(=O)Nc1ccc(S(=O)(=O)Nc2ccc(Cl)cc2Cl)cc1. The molecule has 2 N–H and O–H groups in total. The molecular weight excluding hydrogens is 483 g/mol. The van der Waals surface area contributed by atoms with Crippen LogP contribution in [-0.2, 0) is 14.8 Å². The van der Waals surface area contributed by atoms with Crippen molar-refractivity contribution in [3.8, 4) is 5.75 Å². The standard InChI is InChI=1S/C21H17Cl3N2O4S/c1-13(30-17-4-2-3-14(22)11-17)21(27)25-16-6-8-18(9-7-16)31(28,29)26-20-10-5-15(23)12-19(20)24/h2-13,26H,1H3,(H,25,27)/t13-/m1/s1. The molecule has 3 aromatic carbocycles. The molecule has 1 atom stereocenters. The van der Waals surface area contributed by atoms with E-state index in [1.807, 2.05) is 0 Å². The van der Waals surface area contributed by atoms with E-state index in [4.69, 9.17) is 39.5 Å². The van der Waals surface area contributed by atoms with Gasteiger partial charge in [0.15, 0.2) is 6.10 Å². The van der Waals surface area contributed by atoms with Crippen LogP contribution in [0.3, 0.4) is 0 Å². The van der Waals surface area contributed by atoms with E-state index in [2.05, 4.69) is 10.0 Å². The third kappa shape index (κ3) is 6.27. The van der Waals surface area contributed by atoms with Crippen molar-refractivity contribution in [1.29, 1.82) is 0 Å². The van der Waals surface area contributed by atoms with Crippen molar-refractivity contribution in [2.45, 2.75) is 17.9 Å². The summed E-state index contributed by atoms with van der Waals surface area (Å²) in [6, 6.07) is 16.8. The lowest BCUT2D eigenvalue weighted by Crippen LogP contribution is -2.30. The van der Waals surface area contributed by atoms with Crippen LogP contribution in [0.25, 0.3) is 0 Å². The molecule has 0 aliphatic heterocycles. The summed E-state index contributed by atoms with van der Waals surface area (Å²) >= 11 is 17.8. The number of hydrogen-bond donors (Lipinski definition) is 2. The van der Waals surface area contributed by atoms with Crippen molar-refractivity contribution < 1.29 is 17.9 Å². The number of carbonyl (C=O) groups excluding carboxylic acids is 1. The molecule has 3 aromatic rings. The predicted octanol–water partition coefficient (Wildman–Crippen LogP) is 5.85. The van der Waals surface area contributed by atoms with Crippen molar-refractivity contribution in [1.82, 2.24) is 0 Å². The summed E-state index contributed by atoms with van der Waals surface area (Å²) in [5, 5.41) is 3.73. The molecular formula is C21H17Cl3N2O4S. The van der Waals surface area contributed by atoms with Crippen molar-refractivity contribution in [3.63, 3.8) is 0 Å². The summed E-state index contributed by atoms with van der Waals surface area (Å²) in [7, 11) is -3.88. The Bertz CT molecular complexity index is 1200. The van der Waals surface area contributed by atoms with E-state index in [0.29, 0.717) is 21.5 Å². The highest BCUT2D eigenvalue weighted by Gasteiger charge is 2.18. The molecule has 0 fully saturated rings. The lowest BCUT2D eigenvalue weighted by atomic mass is 10.3. The third-order valence-corrected chi connectivity index (χ3v) is 6.25.